The van der Waals surface area contributed by atoms with Crippen molar-refractivity contribution in [2.75, 3.05) is 0 Å². The molecule has 0 aromatic carbocycles. The van der Waals surface area contributed by atoms with Crippen molar-refractivity contribution in [1.29, 1.82) is 0 Å². The van der Waals surface area contributed by atoms with E-state index in [0.29, 0.717) is 0 Å². The van der Waals surface area contributed by atoms with Gasteiger partial charge in [-0.15, -0.1) is 16.1 Å². The van der Waals surface area contributed by atoms with Crippen molar-refractivity contribution < 1.29 is 40.4 Å². The van der Waals surface area contributed by atoms with E-state index in [0.717, 1.165) is 23.7 Å². The van der Waals surface area contributed by atoms with Crippen LogP contribution in [0.5, 0.6) is 0 Å². The van der Waals surface area contributed by atoms with Crippen LogP contribution in [0, 0.1) is 130 Å². The van der Waals surface area contributed by atoms with Crippen LogP contribution in [0.1, 0.15) is 67.7 Å². The van der Waals surface area contributed by atoms with Gasteiger partial charge in [0.05, 0.1) is 8.07 Å². The molecular formula is C33H59Si3Sm-. The Labute approximate surface area is 271 Å². The maximum absolute atomic E-state index is 2.65. The molecule has 3 fully saturated rings. The SMILES string of the molecule is C[C]1[C](C)[C](C)[C]([Si](C)(C)[C]2[CH][CH][C]([C@@H]3C[C@H](C)CC[C@H]3C(C)C)[CH]2)[C]1C.C[Si](C)(C)[CH-][Si](C)(C)C.[Sm]. The van der Waals surface area contributed by atoms with Crippen molar-refractivity contribution in [2.24, 2.45) is 23.7 Å². The standard InChI is InChI=1S/C26H40Si.C7H19Si2.Sm/c1-16(2)24-13-10-17(3)14-25(24)22-11-12-23(15-22)27(8,9)26-20(6)18(4)19(5)21(26)7;1-8(2,3)7-9(4,5)6;/h11-12,15-17,24-25H,10,13-14H2,1-9H3;7H,1-6H3;/q;-1;/t17-,24+,25+;;/m1../s1. The predicted octanol–water partition coefficient (Wildman–Crippen LogP) is 10.2. The molecular weight excluding hydrogens is 631 g/mol. The van der Waals surface area contributed by atoms with Gasteiger partial charge in [0.15, 0.2) is 0 Å². The Morgan fingerprint density at radius 3 is 1.65 bits per heavy atom. The van der Waals surface area contributed by atoms with E-state index in [2.05, 4.69) is 126 Å². The third-order valence-corrected chi connectivity index (χ3v) is 19.6. The molecule has 210 valence electrons. The van der Waals surface area contributed by atoms with E-state index in [-0.39, 0.29) is 40.4 Å². The first-order chi connectivity index (χ1) is 16.3. The van der Waals surface area contributed by atoms with Crippen LogP contribution in [0.25, 0.3) is 0 Å². The van der Waals surface area contributed by atoms with Gasteiger partial charge in [0, 0.05) is 40.4 Å². The number of rotatable bonds is 6. The second kappa shape index (κ2) is 14.4. The molecule has 0 bridgehead atoms. The molecule has 0 spiro atoms. The first kappa shape index (κ1) is 37.0. The van der Waals surface area contributed by atoms with Crippen molar-refractivity contribution in [1.82, 2.24) is 0 Å². The summed E-state index contributed by atoms with van der Waals surface area (Å²) < 4.78 is 0. The van der Waals surface area contributed by atoms with Crippen LogP contribution in [0.2, 0.25) is 52.4 Å². The molecule has 4 heteroatoms. The quantitative estimate of drug-likeness (QED) is 0.192. The summed E-state index contributed by atoms with van der Waals surface area (Å²) >= 11 is 0. The normalized spacial score (nSPS) is 29.0. The fraction of sp³-hybridized carbons (Fsp3) is 0.667. The average molecular weight is 690 g/mol. The molecule has 0 unspecified atom stereocenters. The van der Waals surface area contributed by atoms with Gasteiger partial charge < -0.3 is 5.67 Å². The number of hydrogen-bond acceptors (Lipinski definition) is 0. The molecule has 0 saturated heterocycles. The Morgan fingerprint density at radius 2 is 1.24 bits per heavy atom. The van der Waals surface area contributed by atoms with Gasteiger partial charge in [-0.2, -0.15) is 0 Å². The van der Waals surface area contributed by atoms with Gasteiger partial charge >= 0.3 is 0 Å². The molecule has 0 nitrogen and oxygen atoms in total. The van der Waals surface area contributed by atoms with Crippen molar-refractivity contribution in [2.45, 2.75) is 120 Å². The van der Waals surface area contributed by atoms with Gasteiger partial charge in [-0.3, -0.25) is 0 Å². The van der Waals surface area contributed by atoms with E-state index in [1.54, 1.807) is 28.8 Å². The first-order valence-corrected chi connectivity index (χ1v) is 24.8. The summed E-state index contributed by atoms with van der Waals surface area (Å²) in [4.78, 5) is 0. The van der Waals surface area contributed by atoms with Crippen molar-refractivity contribution in [3.8, 4) is 0 Å². The van der Waals surface area contributed by atoms with Crippen molar-refractivity contribution in [3.63, 3.8) is 0 Å². The molecule has 0 N–H and O–H groups in total. The summed E-state index contributed by atoms with van der Waals surface area (Å²) in [6.07, 6.45) is 11.8. The first-order valence-electron chi connectivity index (χ1n) is 14.6. The summed E-state index contributed by atoms with van der Waals surface area (Å²) in [7, 11) is -3.38. The molecule has 0 heterocycles. The Bertz CT molecular complexity index is 650. The summed E-state index contributed by atoms with van der Waals surface area (Å²) in [5.74, 6) is 11.0. The molecule has 3 saturated carbocycles. The van der Waals surface area contributed by atoms with Gasteiger partial charge in [0.25, 0.3) is 0 Å². The third-order valence-electron chi connectivity index (χ3n) is 8.88. The van der Waals surface area contributed by atoms with E-state index in [9.17, 15) is 0 Å². The zero-order chi connectivity index (χ0) is 27.8. The van der Waals surface area contributed by atoms with Crippen LogP contribution in [-0.2, 0) is 0 Å². The van der Waals surface area contributed by atoms with E-state index >= 15 is 0 Å². The minimum absolute atomic E-state index is 0. The smallest absolute Gasteiger partial charge is 0.0626 e. The minimum atomic E-state index is -1.66. The van der Waals surface area contributed by atoms with Crippen molar-refractivity contribution >= 4 is 24.2 Å². The second-order valence-electron chi connectivity index (χ2n) is 15.2. The summed E-state index contributed by atoms with van der Waals surface area (Å²) in [6, 6.07) is 0. The molecule has 0 aromatic heterocycles. The molecule has 3 aliphatic carbocycles. The van der Waals surface area contributed by atoms with E-state index < -0.39 is 24.2 Å². The Kier molecular flexibility index (Phi) is 14.4. The van der Waals surface area contributed by atoms with Crippen LogP contribution in [0.4, 0.5) is 0 Å². The molecule has 3 atom stereocenters. The summed E-state index contributed by atoms with van der Waals surface area (Å²) in [5.41, 5.74) is 5.97. The summed E-state index contributed by atoms with van der Waals surface area (Å²) in [5, 5.41) is 0. The molecule has 37 heavy (non-hydrogen) atoms. The van der Waals surface area contributed by atoms with Gasteiger partial charge in [0.2, 0.25) is 0 Å². The maximum atomic E-state index is 2.65. The third kappa shape index (κ3) is 10.0. The van der Waals surface area contributed by atoms with Crippen molar-refractivity contribution in [3.05, 3.63) is 65.6 Å². The van der Waals surface area contributed by atoms with Crippen LogP contribution in [0.3, 0.4) is 0 Å². The summed E-state index contributed by atoms with van der Waals surface area (Å²) in [6.45, 7) is 36.2. The zero-order valence-corrected chi connectivity index (χ0v) is 32.8. The Morgan fingerprint density at radius 1 is 0.757 bits per heavy atom. The molecule has 0 aromatic rings. The molecule has 0 amide bonds. The van der Waals surface area contributed by atoms with Crippen LogP contribution in [0.15, 0.2) is 0 Å². The second-order valence-corrected chi connectivity index (χ2v) is 30.2. The van der Waals surface area contributed by atoms with E-state index in [1.807, 2.05) is 0 Å². The predicted molar refractivity (Wildman–Crippen MR) is 172 cm³/mol. The molecule has 3 aliphatic rings. The maximum Gasteiger partial charge on any atom is 0.0626 e. The molecule has 3 rings (SSSR count). The van der Waals surface area contributed by atoms with Crippen LogP contribution < -0.4 is 0 Å². The van der Waals surface area contributed by atoms with Crippen LogP contribution >= 0.6 is 0 Å². The van der Waals surface area contributed by atoms with Gasteiger partial charge in [-0.05, 0) is 96.4 Å². The van der Waals surface area contributed by atoms with Crippen LogP contribution in [-0.4, -0.2) is 24.2 Å². The Hall–Kier alpha value is 1.99. The van der Waals surface area contributed by atoms with Gasteiger partial charge in [-0.25, -0.2) is 0 Å². The topological polar surface area (TPSA) is 0 Å². The zero-order valence-electron chi connectivity index (χ0n) is 27.1. The van der Waals surface area contributed by atoms with E-state index in [1.165, 1.54) is 31.1 Å². The number of hydrogen-bond donors (Lipinski definition) is 0. The molecule has 10 radical (unpaired) electrons. The van der Waals surface area contributed by atoms with Gasteiger partial charge in [-0.1, -0.05) is 107 Å². The molecule has 0 aliphatic heterocycles. The van der Waals surface area contributed by atoms with Gasteiger partial charge in [0.1, 0.15) is 0 Å². The average Bonchev–Trinajstić information content (AvgIpc) is 3.27. The monoisotopic (exact) mass is 691 g/mol. The van der Waals surface area contributed by atoms with E-state index in [4.69, 9.17) is 0 Å². The minimum Gasteiger partial charge on any atom is -0.327 e. The fourth-order valence-electron chi connectivity index (χ4n) is 7.27. The largest absolute Gasteiger partial charge is 0.327 e. The Balaban J connectivity index is 0.000000589. The fourth-order valence-corrected chi connectivity index (χ4v) is 21.2.